The average Bonchev–Trinajstić information content (AvgIpc) is 3.08. The molecule has 1 radical (unpaired) electrons. The fourth-order valence-electron chi connectivity index (χ4n) is 2.55. The first-order valence-electron chi connectivity index (χ1n) is 6.57. The number of aryl methyl sites for hydroxylation is 2. The Labute approximate surface area is 110 Å². The van der Waals surface area contributed by atoms with Crippen molar-refractivity contribution in [1.82, 2.24) is 15.1 Å². The Morgan fingerprint density at radius 3 is 2.89 bits per heavy atom. The van der Waals surface area contributed by atoms with E-state index >= 15 is 0 Å². The summed E-state index contributed by atoms with van der Waals surface area (Å²) in [6.45, 7) is 3.89. The molecule has 4 heteroatoms. The lowest BCUT2D eigenvalue weighted by atomic mass is 10.0. The highest BCUT2D eigenvalue weighted by Gasteiger charge is 2.26. The summed E-state index contributed by atoms with van der Waals surface area (Å²) < 4.78 is 5.23. The monoisotopic (exact) mass is 252 g/mol. The molecule has 0 unspecified atom stereocenters. The second kappa shape index (κ2) is 3.70. The van der Waals surface area contributed by atoms with Crippen molar-refractivity contribution >= 4 is 11.0 Å². The van der Waals surface area contributed by atoms with E-state index in [2.05, 4.69) is 27.3 Å². The lowest BCUT2D eigenvalue weighted by Gasteiger charge is -1.99. The molecular weight excluding hydrogens is 238 g/mol. The van der Waals surface area contributed by atoms with Crippen molar-refractivity contribution in [2.45, 2.75) is 32.6 Å². The molecule has 0 amide bonds. The second-order valence-corrected chi connectivity index (χ2v) is 5.25. The molecule has 1 aliphatic carbocycles. The molecule has 2 heterocycles. The van der Waals surface area contributed by atoms with Gasteiger partial charge in [-0.2, -0.15) is 0 Å². The summed E-state index contributed by atoms with van der Waals surface area (Å²) in [4.78, 5) is 8.00. The zero-order valence-corrected chi connectivity index (χ0v) is 10.9. The highest BCUT2D eigenvalue weighted by molar-refractivity contribution is 5.82. The number of imidazole rings is 1. The highest BCUT2D eigenvalue weighted by atomic mass is 16.5. The minimum absolute atomic E-state index is 0.628. The minimum Gasteiger partial charge on any atom is -0.361 e. The first-order valence-corrected chi connectivity index (χ1v) is 6.57. The van der Waals surface area contributed by atoms with Crippen LogP contribution in [0.3, 0.4) is 0 Å². The number of hydrogen-bond donors (Lipinski definition) is 1. The molecule has 1 aromatic carbocycles. The van der Waals surface area contributed by atoms with E-state index in [0.717, 1.165) is 39.4 Å². The highest BCUT2D eigenvalue weighted by Crippen LogP contribution is 2.39. The number of rotatable bonds is 2. The zero-order valence-electron chi connectivity index (χ0n) is 10.9. The Morgan fingerprint density at radius 2 is 2.21 bits per heavy atom. The molecule has 1 saturated carbocycles. The van der Waals surface area contributed by atoms with Crippen molar-refractivity contribution in [3.05, 3.63) is 35.5 Å². The summed E-state index contributed by atoms with van der Waals surface area (Å²) in [5.74, 6) is 2.57. The molecule has 1 N–H and O–H groups in total. The van der Waals surface area contributed by atoms with Gasteiger partial charge in [-0.25, -0.2) is 4.98 Å². The van der Waals surface area contributed by atoms with Gasteiger partial charge in [0.05, 0.1) is 16.7 Å². The van der Waals surface area contributed by atoms with Gasteiger partial charge in [0.2, 0.25) is 0 Å². The Morgan fingerprint density at radius 1 is 1.37 bits per heavy atom. The van der Waals surface area contributed by atoms with E-state index in [4.69, 9.17) is 4.52 Å². The van der Waals surface area contributed by atoms with Gasteiger partial charge in [0, 0.05) is 17.5 Å². The smallest absolute Gasteiger partial charge is 0.141 e. The maximum Gasteiger partial charge on any atom is 0.141 e. The molecule has 4 rings (SSSR count). The van der Waals surface area contributed by atoms with Crippen LogP contribution in [0.25, 0.3) is 22.2 Å². The Hall–Kier alpha value is -2.10. The van der Waals surface area contributed by atoms with Gasteiger partial charge in [-0.15, -0.1) is 0 Å². The van der Waals surface area contributed by atoms with Crippen molar-refractivity contribution in [2.75, 3.05) is 0 Å². The maximum atomic E-state index is 5.23. The standard InChI is InChI=1S/C15H14N3O/c1-8-14(9(2)19-18-8)11-5-6-12-13(7-11)17-15(16-12)10-3-4-10/h5,7,10H,3-4H2,1-2H3,(H,16,17). The molecule has 1 fully saturated rings. The van der Waals surface area contributed by atoms with E-state index in [1.165, 1.54) is 12.8 Å². The van der Waals surface area contributed by atoms with Crippen LogP contribution >= 0.6 is 0 Å². The quantitative estimate of drug-likeness (QED) is 0.759. The topological polar surface area (TPSA) is 54.7 Å². The van der Waals surface area contributed by atoms with Crippen molar-refractivity contribution in [3.63, 3.8) is 0 Å². The average molecular weight is 252 g/mol. The summed E-state index contributed by atoms with van der Waals surface area (Å²) in [5, 5.41) is 4.00. The van der Waals surface area contributed by atoms with Gasteiger partial charge in [0.25, 0.3) is 0 Å². The number of benzene rings is 1. The van der Waals surface area contributed by atoms with E-state index in [9.17, 15) is 0 Å². The lowest BCUT2D eigenvalue weighted by molar-refractivity contribution is 0.393. The summed E-state index contributed by atoms with van der Waals surface area (Å²) >= 11 is 0. The number of H-pyrrole nitrogens is 1. The number of aromatic amines is 1. The lowest BCUT2D eigenvalue weighted by Crippen LogP contribution is -1.82. The van der Waals surface area contributed by atoms with Crippen LogP contribution in [-0.4, -0.2) is 15.1 Å². The van der Waals surface area contributed by atoms with Gasteiger partial charge in [-0.3, -0.25) is 0 Å². The Balaban J connectivity index is 1.87. The normalized spacial score (nSPS) is 15.3. The fourth-order valence-corrected chi connectivity index (χ4v) is 2.55. The Kier molecular flexibility index (Phi) is 2.10. The predicted molar refractivity (Wildman–Crippen MR) is 71.9 cm³/mol. The number of hydrogen-bond acceptors (Lipinski definition) is 3. The van der Waals surface area contributed by atoms with E-state index in [0.29, 0.717) is 5.92 Å². The molecule has 0 atom stereocenters. The van der Waals surface area contributed by atoms with Gasteiger partial charge >= 0.3 is 0 Å². The van der Waals surface area contributed by atoms with Gasteiger partial charge in [0.15, 0.2) is 0 Å². The van der Waals surface area contributed by atoms with Crippen LogP contribution in [0.15, 0.2) is 16.7 Å². The van der Waals surface area contributed by atoms with Crippen LogP contribution in [0.4, 0.5) is 0 Å². The third-order valence-electron chi connectivity index (χ3n) is 3.70. The summed E-state index contributed by atoms with van der Waals surface area (Å²) in [7, 11) is 0. The Bertz CT molecular complexity index is 745. The van der Waals surface area contributed by atoms with Gasteiger partial charge in [-0.05, 0) is 44.4 Å². The van der Waals surface area contributed by atoms with Crippen molar-refractivity contribution in [1.29, 1.82) is 0 Å². The van der Waals surface area contributed by atoms with Crippen LogP contribution in [0.2, 0.25) is 0 Å². The van der Waals surface area contributed by atoms with Crippen LogP contribution in [0.1, 0.15) is 36.0 Å². The number of aromatic nitrogens is 3. The molecule has 1 aliphatic rings. The summed E-state index contributed by atoms with van der Waals surface area (Å²) in [6, 6.07) is 7.33. The van der Waals surface area contributed by atoms with Crippen LogP contribution in [0.5, 0.6) is 0 Å². The summed E-state index contributed by atoms with van der Waals surface area (Å²) in [6.07, 6.45) is 2.49. The van der Waals surface area contributed by atoms with Gasteiger partial charge in [-0.1, -0.05) is 5.16 Å². The SMILES string of the molecule is Cc1noc(C)c1-c1c[c]c2nc(C3CC3)[nH]c2c1. The first kappa shape index (κ1) is 10.8. The van der Waals surface area contributed by atoms with E-state index < -0.39 is 0 Å². The molecule has 4 nitrogen and oxygen atoms in total. The van der Waals surface area contributed by atoms with Gasteiger partial charge < -0.3 is 9.51 Å². The second-order valence-electron chi connectivity index (χ2n) is 5.25. The fraction of sp³-hybridized carbons (Fsp3) is 0.333. The molecule has 0 saturated heterocycles. The zero-order chi connectivity index (χ0) is 13.0. The molecular formula is C15H14N3O. The number of fused-ring (bicyclic) bond motifs is 1. The number of nitrogens with one attached hydrogen (secondary N) is 1. The maximum absolute atomic E-state index is 5.23. The van der Waals surface area contributed by atoms with Crippen molar-refractivity contribution < 1.29 is 4.52 Å². The van der Waals surface area contributed by atoms with Crippen molar-refractivity contribution in [2.24, 2.45) is 0 Å². The molecule has 2 aromatic heterocycles. The van der Waals surface area contributed by atoms with E-state index in [-0.39, 0.29) is 0 Å². The predicted octanol–water partition coefficient (Wildman–Crippen LogP) is 3.51. The minimum atomic E-state index is 0.628. The van der Waals surface area contributed by atoms with Gasteiger partial charge in [0.1, 0.15) is 11.6 Å². The molecule has 0 aliphatic heterocycles. The largest absolute Gasteiger partial charge is 0.361 e. The van der Waals surface area contributed by atoms with Crippen molar-refractivity contribution in [3.8, 4) is 11.1 Å². The molecule has 0 bridgehead atoms. The van der Waals surface area contributed by atoms with Crippen LogP contribution in [0, 0.1) is 19.9 Å². The van der Waals surface area contributed by atoms with Crippen LogP contribution < -0.4 is 0 Å². The van der Waals surface area contributed by atoms with E-state index in [1.807, 2.05) is 19.9 Å². The molecule has 19 heavy (non-hydrogen) atoms. The first-order chi connectivity index (χ1) is 9.22. The number of nitrogens with zero attached hydrogens (tertiary/aromatic N) is 2. The third-order valence-corrected chi connectivity index (χ3v) is 3.70. The van der Waals surface area contributed by atoms with Crippen LogP contribution in [-0.2, 0) is 0 Å². The molecule has 3 aromatic rings. The third kappa shape index (κ3) is 1.67. The summed E-state index contributed by atoms with van der Waals surface area (Å²) in [5.41, 5.74) is 5.00. The van der Waals surface area contributed by atoms with E-state index in [1.54, 1.807) is 0 Å². The molecule has 95 valence electrons. The molecule has 0 spiro atoms.